The summed E-state index contributed by atoms with van der Waals surface area (Å²) in [6, 6.07) is 3.92. The Bertz CT molecular complexity index is 502. The first-order valence-electron chi connectivity index (χ1n) is 8.46. The standard InChI is InChI=1S/C18H29N3O2.HI/c1-4-22-14-16-8-10-21(13-16)18(20-12-15(2)3)19-9-7-17-6-5-11-23-17;/h5-6,11,16H,2,4,7-10,12-14H2,1,3H3,(H,19,20);1H. The van der Waals surface area contributed by atoms with Crippen molar-refractivity contribution >= 4 is 29.9 Å². The number of hydrogen-bond acceptors (Lipinski definition) is 3. The summed E-state index contributed by atoms with van der Waals surface area (Å²) in [7, 11) is 0. The van der Waals surface area contributed by atoms with Crippen LogP contribution in [0.1, 0.15) is 26.0 Å². The SMILES string of the molecule is C=C(C)CN=C(NCCc1ccco1)N1CCC(COCC)C1.I. The molecule has 0 aliphatic carbocycles. The van der Waals surface area contributed by atoms with Crippen molar-refractivity contribution < 1.29 is 9.15 Å². The van der Waals surface area contributed by atoms with E-state index in [0.717, 1.165) is 63.0 Å². The van der Waals surface area contributed by atoms with Crippen LogP contribution in [0.15, 0.2) is 40.0 Å². The number of halogens is 1. The molecule has 136 valence electrons. The Kier molecular flexibility index (Phi) is 10.1. The van der Waals surface area contributed by atoms with E-state index in [4.69, 9.17) is 14.1 Å². The van der Waals surface area contributed by atoms with Gasteiger partial charge in [-0.15, -0.1) is 24.0 Å². The van der Waals surface area contributed by atoms with Gasteiger partial charge in [-0.25, -0.2) is 4.99 Å². The van der Waals surface area contributed by atoms with E-state index in [2.05, 4.69) is 16.8 Å². The molecule has 1 aliphatic heterocycles. The summed E-state index contributed by atoms with van der Waals surface area (Å²) < 4.78 is 10.9. The third-order valence-electron chi connectivity index (χ3n) is 3.88. The van der Waals surface area contributed by atoms with E-state index < -0.39 is 0 Å². The van der Waals surface area contributed by atoms with Gasteiger partial charge in [0.05, 0.1) is 19.4 Å². The molecule has 1 atom stereocenters. The zero-order chi connectivity index (χ0) is 16.5. The Labute approximate surface area is 162 Å². The van der Waals surface area contributed by atoms with Crippen LogP contribution >= 0.6 is 24.0 Å². The van der Waals surface area contributed by atoms with Crippen LogP contribution in [-0.4, -0.2) is 50.3 Å². The van der Waals surface area contributed by atoms with E-state index in [1.165, 1.54) is 0 Å². The number of furan rings is 1. The molecule has 1 N–H and O–H groups in total. The van der Waals surface area contributed by atoms with Gasteiger partial charge in [0.15, 0.2) is 5.96 Å². The van der Waals surface area contributed by atoms with Gasteiger partial charge in [-0.1, -0.05) is 12.2 Å². The van der Waals surface area contributed by atoms with Crippen LogP contribution in [-0.2, 0) is 11.2 Å². The van der Waals surface area contributed by atoms with Crippen molar-refractivity contribution in [1.82, 2.24) is 10.2 Å². The number of rotatable bonds is 8. The molecule has 6 heteroatoms. The number of nitrogens with one attached hydrogen (secondary N) is 1. The van der Waals surface area contributed by atoms with Crippen molar-refractivity contribution in [3.05, 3.63) is 36.3 Å². The van der Waals surface area contributed by atoms with E-state index in [1.54, 1.807) is 6.26 Å². The summed E-state index contributed by atoms with van der Waals surface area (Å²) in [5, 5.41) is 3.47. The summed E-state index contributed by atoms with van der Waals surface area (Å²) in [5.74, 6) is 2.56. The second kappa shape index (κ2) is 11.5. The van der Waals surface area contributed by atoms with E-state index >= 15 is 0 Å². The molecule has 0 radical (unpaired) electrons. The Morgan fingerprint density at radius 3 is 3.04 bits per heavy atom. The monoisotopic (exact) mass is 447 g/mol. The molecule has 2 heterocycles. The first-order valence-corrected chi connectivity index (χ1v) is 8.46. The van der Waals surface area contributed by atoms with Crippen molar-refractivity contribution in [2.24, 2.45) is 10.9 Å². The fraction of sp³-hybridized carbons (Fsp3) is 0.611. The quantitative estimate of drug-likeness (QED) is 0.288. The third kappa shape index (κ3) is 7.25. The summed E-state index contributed by atoms with van der Waals surface area (Å²) in [6.07, 6.45) is 3.73. The first kappa shape index (κ1) is 21.0. The highest BCUT2D eigenvalue weighted by molar-refractivity contribution is 14.0. The molecule has 0 spiro atoms. The number of nitrogens with zero attached hydrogens (tertiary/aromatic N) is 2. The van der Waals surface area contributed by atoms with Crippen LogP contribution < -0.4 is 5.32 Å². The Balaban J connectivity index is 0.00000288. The van der Waals surface area contributed by atoms with E-state index in [0.29, 0.717) is 12.5 Å². The molecule has 0 saturated carbocycles. The van der Waals surface area contributed by atoms with Gasteiger partial charge in [0.25, 0.3) is 0 Å². The number of ether oxygens (including phenoxy) is 1. The van der Waals surface area contributed by atoms with E-state index in [9.17, 15) is 0 Å². The smallest absolute Gasteiger partial charge is 0.194 e. The van der Waals surface area contributed by atoms with Crippen LogP contribution in [0, 0.1) is 5.92 Å². The van der Waals surface area contributed by atoms with Gasteiger partial charge in [-0.3, -0.25) is 0 Å². The normalized spacial score (nSPS) is 17.7. The molecule has 2 rings (SSSR count). The highest BCUT2D eigenvalue weighted by Gasteiger charge is 2.24. The molecular formula is C18H30IN3O2. The van der Waals surface area contributed by atoms with Crippen LogP contribution in [0.2, 0.25) is 0 Å². The lowest BCUT2D eigenvalue weighted by atomic mass is 10.1. The maximum atomic E-state index is 5.56. The molecular weight excluding hydrogens is 417 g/mol. The fourth-order valence-electron chi connectivity index (χ4n) is 2.68. The van der Waals surface area contributed by atoms with Crippen molar-refractivity contribution in [3.8, 4) is 0 Å². The van der Waals surface area contributed by atoms with Gasteiger partial charge >= 0.3 is 0 Å². The van der Waals surface area contributed by atoms with Crippen molar-refractivity contribution in [2.45, 2.75) is 26.7 Å². The summed E-state index contributed by atoms with van der Waals surface area (Å²) >= 11 is 0. The molecule has 1 aromatic heterocycles. The summed E-state index contributed by atoms with van der Waals surface area (Å²) in [4.78, 5) is 7.03. The van der Waals surface area contributed by atoms with Crippen molar-refractivity contribution in [1.29, 1.82) is 0 Å². The molecule has 0 aromatic carbocycles. The largest absolute Gasteiger partial charge is 0.469 e. The Hall–Kier alpha value is -1.02. The van der Waals surface area contributed by atoms with Gasteiger partial charge < -0.3 is 19.4 Å². The Morgan fingerprint density at radius 1 is 1.54 bits per heavy atom. The number of guanidine groups is 1. The van der Waals surface area contributed by atoms with Gasteiger partial charge in [0.1, 0.15) is 5.76 Å². The molecule has 1 aliphatic rings. The topological polar surface area (TPSA) is 50.0 Å². The molecule has 0 amide bonds. The summed E-state index contributed by atoms with van der Waals surface area (Å²) in [6.45, 7) is 13.1. The van der Waals surface area contributed by atoms with Crippen molar-refractivity contribution in [3.63, 3.8) is 0 Å². The van der Waals surface area contributed by atoms with Crippen LogP contribution in [0.5, 0.6) is 0 Å². The van der Waals surface area contributed by atoms with Crippen LogP contribution in [0.4, 0.5) is 0 Å². The minimum Gasteiger partial charge on any atom is -0.469 e. The number of likely N-dealkylation sites (tertiary alicyclic amines) is 1. The summed E-state index contributed by atoms with van der Waals surface area (Å²) in [5.41, 5.74) is 1.07. The Morgan fingerprint density at radius 2 is 2.38 bits per heavy atom. The van der Waals surface area contributed by atoms with Crippen LogP contribution in [0.25, 0.3) is 0 Å². The first-order chi connectivity index (χ1) is 11.2. The van der Waals surface area contributed by atoms with E-state index in [1.807, 2.05) is 26.0 Å². The lowest BCUT2D eigenvalue weighted by Gasteiger charge is -2.22. The minimum absolute atomic E-state index is 0. The zero-order valence-corrected chi connectivity index (χ0v) is 17.1. The van der Waals surface area contributed by atoms with Gasteiger partial charge in [0, 0.05) is 38.6 Å². The minimum atomic E-state index is 0. The average molecular weight is 447 g/mol. The molecule has 24 heavy (non-hydrogen) atoms. The number of hydrogen-bond donors (Lipinski definition) is 1. The maximum absolute atomic E-state index is 5.56. The number of aliphatic imine (C=N–C) groups is 1. The van der Waals surface area contributed by atoms with E-state index in [-0.39, 0.29) is 24.0 Å². The lowest BCUT2D eigenvalue weighted by molar-refractivity contribution is 0.114. The van der Waals surface area contributed by atoms with Crippen LogP contribution in [0.3, 0.4) is 0 Å². The second-order valence-electron chi connectivity index (χ2n) is 6.11. The van der Waals surface area contributed by atoms with Gasteiger partial charge in [0.2, 0.25) is 0 Å². The molecule has 1 saturated heterocycles. The predicted octanol–water partition coefficient (Wildman–Crippen LogP) is 3.32. The highest BCUT2D eigenvalue weighted by atomic mass is 127. The second-order valence-corrected chi connectivity index (χ2v) is 6.11. The third-order valence-corrected chi connectivity index (χ3v) is 3.88. The fourth-order valence-corrected chi connectivity index (χ4v) is 2.68. The predicted molar refractivity (Wildman–Crippen MR) is 109 cm³/mol. The molecule has 5 nitrogen and oxygen atoms in total. The molecule has 1 unspecified atom stereocenters. The average Bonchev–Trinajstić information content (AvgIpc) is 3.20. The van der Waals surface area contributed by atoms with Gasteiger partial charge in [-0.05, 0) is 32.4 Å². The molecule has 1 aromatic rings. The van der Waals surface area contributed by atoms with Gasteiger partial charge in [-0.2, -0.15) is 0 Å². The molecule has 0 bridgehead atoms. The van der Waals surface area contributed by atoms with Crippen molar-refractivity contribution in [2.75, 3.05) is 39.4 Å². The highest BCUT2D eigenvalue weighted by Crippen LogP contribution is 2.16. The maximum Gasteiger partial charge on any atom is 0.194 e. The zero-order valence-electron chi connectivity index (χ0n) is 14.8. The molecule has 1 fully saturated rings. The lowest BCUT2D eigenvalue weighted by Crippen LogP contribution is -2.41.